The van der Waals surface area contributed by atoms with Crippen LogP contribution < -0.4 is 0 Å². The quantitative estimate of drug-likeness (QED) is 0.267. The Kier molecular flexibility index (Phi) is 17.7. The topological polar surface area (TPSA) is 66.8 Å². The number of hydrogen-bond acceptors (Lipinski definition) is 4. The number of rotatable bonds is 18. The Morgan fingerprint density at radius 2 is 1.24 bits per heavy atom. The molecule has 0 aromatic rings. The first kappa shape index (κ1) is 24.4. The second kappa shape index (κ2) is 18.2. The van der Waals surface area contributed by atoms with E-state index in [1.54, 1.807) is 0 Å². The predicted octanol–water partition coefficient (Wildman–Crippen LogP) is 5.00. The maximum atomic E-state index is 12.2. The van der Waals surface area contributed by atoms with E-state index in [1.165, 1.54) is 51.4 Å². The number of carbonyl (C=O) groups excluding carboxylic acids is 1. The highest BCUT2D eigenvalue weighted by molar-refractivity contribution is 5.72. The molecule has 25 heavy (non-hydrogen) atoms. The van der Waals surface area contributed by atoms with Crippen molar-refractivity contribution in [2.45, 2.75) is 110 Å². The van der Waals surface area contributed by atoms with Crippen LogP contribution in [0.5, 0.6) is 0 Å². The van der Waals surface area contributed by atoms with Gasteiger partial charge in [-0.2, -0.15) is 0 Å². The Balaban J connectivity index is 3.91. The van der Waals surface area contributed by atoms with Crippen LogP contribution in [-0.2, 0) is 9.53 Å². The van der Waals surface area contributed by atoms with E-state index in [2.05, 4.69) is 13.8 Å². The molecule has 0 aromatic carbocycles. The van der Waals surface area contributed by atoms with Gasteiger partial charge in [-0.3, -0.25) is 4.79 Å². The molecule has 0 saturated carbocycles. The highest BCUT2D eigenvalue weighted by atomic mass is 16.5. The molecule has 2 N–H and O–H groups in total. The molecule has 0 heterocycles. The molecule has 0 aliphatic carbocycles. The lowest BCUT2D eigenvalue weighted by molar-refractivity contribution is -0.152. The van der Waals surface area contributed by atoms with E-state index in [9.17, 15) is 9.90 Å². The summed E-state index contributed by atoms with van der Waals surface area (Å²) in [5.41, 5.74) is 0. The van der Waals surface area contributed by atoms with Crippen LogP contribution in [0.25, 0.3) is 0 Å². The predicted molar refractivity (Wildman–Crippen MR) is 104 cm³/mol. The van der Waals surface area contributed by atoms with Crippen molar-refractivity contribution in [3.8, 4) is 0 Å². The molecule has 0 aliphatic heterocycles. The SMILES string of the molecule is CCCCCCCCCCCC(CCCCC)C(=O)OCC(O)CO. The summed E-state index contributed by atoms with van der Waals surface area (Å²) >= 11 is 0. The van der Waals surface area contributed by atoms with E-state index < -0.39 is 6.10 Å². The van der Waals surface area contributed by atoms with Crippen LogP contribution >= 0.6 is 0 Å². The van der Waals surface area contributed by atoms with Gasteiger partial charge in [-0.1, -0.05) is 90.9 Å². The minimum Gasteiger partial charge on any atom is -0.463 e. The van der Waals surface area contributed by atoms with E-state index in [1.807, 2.05) is 0 Å². The molecular formula is C21H42O4. The van der Waals surface area contributed by atoms with Gasteiger partial charge in [0, 0.05) is 0 Å². The van der Waals surface area contributed by atoms with Crippen LogP contribution in [0.15, 0.2) is 0 Å². The number of esters is 1. The fraction of sp³-hybridized carbons (Fsp3) is 0.952. The second-order valence-corrected chi connectivity index (χ2v) is 7.28. The summed E-state index contributed by atoms with van der Waals surface area (Å²) in [5.74, 6) is -0.259. The molecule has 4 heteroatoms. The smallest absolute Gasteiger partial charge is 0.309 e. The molecule has 0 aliphatic rings. The van der Waals surface area contributed by atoms with E-state index in [0.29, 0.717) is 0 Å². The summed E-state index contributed by atoms with van der Waals surface area (Å²) in [7, 11) is 0. The van der Waals surface area contributed by atoms with Gasteiger partial charge in [0.1, 0.15) is 12.7 Å². The van der Waals surface area contributed by atoms with Gasteiger partial charge in [0.2, 0.25) is 0 Å². The zero-order chi connectivity index (χ0) is 18.8. The molecule has 4 nitrogen and oxygen atoms in total. The van der Waals surface area contributed by atoms with Gasteiger partial charge in [0.15, 0.2) is 0 Å². The monoisotopic (exact) mass is 358 g/mol. The average Bonchev–Trinajstić information content (AvgIpc) is 2.63. The normalized spacial score (nSPS) is 13.6. The fourth-order valence-corrected chi connectivity index (χ4v) is 3.07. The van der Waals surface area contributed by atoms with Gasteiger partial charge >= 0.3 is 5.97 Å². The van der Waals surface area contributed by atoms with Gasteiger partial charge in [-0.25, -0.2) is 0 Å². The van der Waals surface area contributed by atoms with Crippen molar-refractivity contribution in [3.05, 3.63) is 0 Å². The third kappa shape index (κ3) is 15.4. The lowest BCUT2D eigenvalue weighted by Gasteiger charge is -2.17. The first-order valence-corrected chi connectivity index (χ1v) is 10.6. The van der Waals surface area contributed by atoms with Crippen LogP contribution in [0.2, 0.25) is 0 Å². The largest absolute Gasteiger partial charge is 0.463 e. The van der Waals surface area contributed by atoms with E-state index in [0.717, 1.165) is 38.5 Å². The zero-order valence-corrected chi connectivity index (χ0v) is 16.7. The van der Waals surface area contributed by atoms with Gasteiger partial charge in [-0.05, 0) is 12.8 Å². The molecule has 0 aromatic heterocycles. The van der Waals surface area contributed by atoms with Gasteiger partial charge in [0.25, 0.3) is 0 Å². The van der Waals surface area contributed by atoms with Crippen LogP contribution in [0.4, 0.5) is 0 Å². The molecule has 0 bridgehead atoms. The Hall–Kier alpha value is -0.610. The minimum absolute atomic E-state index is 0.0537. The minimum atomic E-state index is -0.965. The summed E-state index contributed by atoms with van der Waals surface area (Å²) in [6.45, 7) is 3.93. The molecule has 0 fully saturated rings. The number of ether oxygens (including phenoxy) is 1. The third-order valence-electron chi connectivity index (χ3n) is 4.77. The van der Waals surface area contributed by atoms with E-state index in [4.69, 9.17) is 9.84 Å². The van der Waals surface area contributed by atoms with Crippen LogP contribution in [-0.4, -0.2) is 35.5 Å². The number of unbranched alkanes of at least 4 members (excludes halogenated alkanes) is 10. The number of carbonyl (C=O) groups is 1. The molecule has 2 unspecified atom stereocenters. The zero-order valence-electron chi connectivity index (χ0n) is 16.7. The fourth-order valence-electron chi connectivity index (χ4n) is 3.07. The maximum absolute atomic E-state index is 12.2. The summed E-state index contributed by atoms with van der Waals surface area (Å²) in [4.78, 5) is 12.2. The summed E-state index contributed by atoms with van der Waals surface area (Å²) in [5, 5.41) is 18.1. The summed E-state index contributed by atoms with van der Waals surface area (Å²) in [6.07, 6.45) is 15.6. The van der Waals surface area contributed by atoms with E-state index >= 15 is 0 Å². The number of aliphatic hydroxyl groups is 2. The van der Waals surface area contributed by atoms with Gasteiger partial charge < -0.3 is 14.9 Å². The average molecular weight is 359 g/mol. The van der Waals surface area contributed by atoms with E-state index in [-0.39, 0.29) is 25.1 Å². The maximum Gasteiger partial charge on any atom is 0.309 e. The molecule has 0 rings (SSSR count). The van der Waals surface area contributed by atoms with Crippen molar-refractivity contribution in [2.24, 2.45) is 5.92 Å². The Labute approximate surface area is 155 Å². The van der Waals surface area contributed by atoms with Crippen molar-refractivity contribution < 1.29 is 19.7 Å². The van der Waals surface area contributed by atoms with Crippen molar-refractivity contribution in [2.75, 3.05) is 13.2 Å². The molecule has 0 spiro atoms. The standard InChI is InChI=1S/C21H42O4/c1-3-5-7-8-9-10-11-12-14-16-19(15-13-6-4-2)21(24)25-18-20(23)17-22/h19-20,22-23H,3-18H2,1-2H3. The lowest BCUT2D eigenvalue weighted by atomic mass is 9.94. The molecule has 150 valence electrons. The number of aliphatic hydroxyl groups excluding tert-OH is 2. The molecule has 0 saturated heterocycles. The first-order chi connectivity index (χ1) is 12.2. The highest BCUT2D eigenvalue weighted by Gasteiger charge is 2.20. The highest BCUT2D eigenvalue weighted by Crippen LogP contribution is 2.20. The lowest BCUT2D eigenvalue weighted by Crippen LogP contribution is -2.25. The first-order valence-electron chi connectivity index (χ1n) is 10.6. The Morgan fingerprint density at radius 1 is 0.800 bits per heavy atom. The third-order valence-corrected chi connectivity index (χ3v) is 4.77. The second-order valence-electron chi connectivity index (χ2n) is 7.28. The van der Waals surface area contributed by atoms with Crippen molar-refractivity contribution in [3.63, 3.8) is 0 Å². The van der Waals surface area contributed by atoms with Crippen LogP contribution in [0.3, 0.4) is 0 Å². The van der Waals surface area contributed by atoms with Crippen LogP contribution in [0.1, 0.15) is 104 Å². The van der Waals surface area contributed by atoms with Gasteiger partial charge in [-0.15, -0.1) is 0 Å². The summed E-state index contributed by atoms with van der Waals surface area (Å²) in [6, 6.07) is 0. The van der Waals surface area contributed by atoms with Crippen molar-refractivity contribution in [1.29, 1.82) is 0 Å². The Morgan fingerprint density at radius 3 is 1.76 bits per heavy atom. The molecule has 0 radical (unpaired) electrons. The van der Waals surface area contributed by atoms with Crippen molar-refractivity contribution >= 4 is 5.97 Å². The number of hydrogen-bond donors (Lipinski definition) is 2. The van der Waals surface area contributed by atoms with Crippen molar-refractivity contribution in [1.82, 2.24) is 0 Å². The molecular weight excluding hydrogens is 316 g/mol. The summed E-state index contributed by atoms with van der Waals surface area (Å²) < 4.78 is 5.17. The Bertz CT molecular complexity index is 294. The molecule has 0 amide bonds. The molecule has 2 atom stereocenters. The van der Waals surface area contributed by atoms with Crippen LogP contribution in [0, 0.1) is 5.92 Å². The van der Waals surface area contributed by atoms with Gasteiger partial charge in [0.05, 0.1) is 12.5 Å².